The molecule has 0 amide bonds. The fourth-order valence-electron chi connectivity index (χ4n) is 1.46. The molecule has 1 aromatic carbocycles. The Kier molecular flexibility index (Phi) is 4.72. The summed E-state index contributed by atoms with van der Waals surface area (Å²) in [6, 6.07) is 5.05. The molecule has 0 atom stereocenters. The molecule has 16 heavy (non-hydrogen) atoms. The van der Waals surface area contributed by atoms with E-state index in [4.69, 9.17) is 4.74 Å². The number of aryl methyl sites for hydroxylation is 1. The number of nitrogens with one attached hydrogen (secondary N) is 1. The molecular weight excluding hydrogens is 208 g/mol. The van der Waals surface area contributed by atoms with Crippen LogP contribution in [0.15, 0.2) is 18.2 Å². The first kappa shape index (κ1) is 12.4. The van der Waals surface area contributed by atoms with E-state index in [1.54, 1.807) is 13.2 Å². The van der Waals surface area contributed by atoms with Gasteiger partial charge >= 0.3 is 0 Å². The van der Waals surface area contributed by atoms with Crippen LogP contribution in [0.4, 0.5) is 11.4 Å². The number of rotatable bonds is 6. The summed E-state index contributed by atoms with van der Waals surface area (Å²) in [6.45, 7) is 3.16. The number of hydrogen-bond donors (Lipinski definition) is 1. The monoisotopic (exact) mass is 224 g/mol. The number of nitro groups is 1. The molecule has 1 rings (SSSR count). The van der Waals surface area contributed by atoms with E-state index in [2.05, 4.69) is 5.32 Å². The molecule has 0 radical (unpaired) electrons. The van der Waals surface area contributed by atoms with E-state index in [1.807, 2.05) is 13.0 Å². The van der Waals surface area contributed by atoms with Gasteiger partial charge in [0.1, 0.15) is 5.69 Å². The van der Waals surface area contributed by atoms with Gasteiger partial charge in [0, 0.05) is 26.3 Å². The molecule has 5 nitrogen and oxygen atoms in total. The predicted molar refractivity (Wildman–Crippen MR) is 62.8 cm³/mol. The minimum Gasteiger partial charge on any atom is -0.385 e. The highest BCUT2D eigenvalue weighted by molar-refractivity contribution is 5.65. The van der Waals surface area contributed by atoms with Crippen molar-refractivity contribution in [3.05, 3.63) is 33.9 Å². The summed E-state index contributed by atoms with van der Waals surface area (Å²) in [6.07, 6.45) is 0.821. The lowest BCUT2D eigenvalue weighted by Gasteiger charge is -2.09. The zero-order valence-electron chi connectivity index (χ0n) is 9.53. The molecule has 0 aliphatic heterocycles. The van der Waals surface area contributed by atoms with Gasteiger partial charge in [-0.15, -0.1) is 0 Å². The number of ether oxygens (including phenoxy) is 1. The van der Waals surface area contributed by atoms with Crippen molar-refractivity contribution in [1.82, 2.24) is 0 Å². The Bertz CT molecular complexity index is 366. The fourth-order valence-corrected chi connectivity index (χ4v) is 1.46. The van der Waals surface area contributed by atoms with E-state index >= 15 is 0 Å². The maximum Gasteiger partial charge on any atom is 0.292 e. The Morgan fingerprint density at radius 2 is 2.25 bits per heavy atom. The van der Waals surface area contributed by atoms with Crippen LogP contribution < -0.4 is 5.32 Å². The summed E-state index contributed by atoms with van der Waals surface area (Å²) < 4.78 is 4.91. The van der Waals surface area contributed by atoms with E-state index in [-0.39, 0.29) is 10.6 Å². The summed E-state index contributed by atoms with van der Waals surface area (Å²) in [7, 11) is 1.64. The Morgan fingerprint density at radius 3 is 2.88 bits per heavy atom. The molecule has 5 heteroatoms. The van der Waals surface area contributed by atoms with Gasteiger partial charge in [0.2, 0.25) is 0 Å². The van der Waals surface area contributed by atoms with Crippen molar-refractivity contribution < 1.29 is 9.66 Å². The Balaban J connectivity index is 2.73. The number of nitrogens with zero attached hydrogens (tertiary/aromatic N) is 1. The number of anilines is 1. The van der Waals surface area contributed by atoms with Gasteiger partial charge in [0.15, 0.2) is 0 Å². The van der Waals surface area contributed by atoms with Crippen molar-refractivity contribution in [3.8, 4) is 0 Å². The molecule has 0 heterocycles. The summed E-state index contributed by atoms with van der Waals surface area (Å²) in [5, 5.41) is 13.9. The number of nitro benzene ring substituents is 1. The molecule has 0 bridgehead atoms. The standard InChI is InChI=1S/C11H16N2O3/c1-9-5-3-6-10(13(14)15)11(9)12-7-4-8-16-2/h3,5-6,12H,4,7-8H2,1-2H3. The minimum atomic E-state index is -0.369. The van der Waals surface area contributed by atoms with Crippen molar-refractivity contribution in [2.45, 2.75) is 13.3 Å². The average molecular weight is 224 g/mol. The zero-order valence-corrected chi connectivity index (χ0v) is 9.53. The van der Waals surface area contributed by atoms with Gasteiger partial charge in [0.05, 0.1) is 4.92 Å². The van der Waals surface area contributed by atoms with Gasteiger partial charge in [-0.3, -0.25) is 10.1 Å². The second-order valence-corrected chi connectivity index (χ2v) is 3.50. The highest BCUT2D eigenvalue weighted by Crippen LogP contribution is 2.27. The first-order valence-electron chi connectivity index (χ1n) is 5.13. The fraction of sp³-hybridized carbons (Fsp3) is 0.455. The Morgan fingerprint density at radius 1 is 1.50 bits per heavy atom. The number of methoxy groups -OCH3 is 1. The third kappa shape index (κ3) is 3.20. The topological polar surface area (TPSA) is 64.4 Å². The average Bonchev–Trinajstić information content (AvgIpc) is 2.25. The molecule has 0 unspecified atom stereocenters. The van der Waals surface area contributed by atoms with E-state index in [1.165, 1.54) is 6.07 Å². The third-order valence-electron chi connectivity index (χ3n) is 2.27. The summed E-state index contributed by atoms with van der Waals surface area (Å²) >= 11 is 0. The van der Waals surface area contributed by atoms with Crippen molar-refractivity contribution in [2.75, 3.05) is 25.6 Å². The van der Waals surface area contributed by atoms with Gasteiger partial charge in [-0.25, -0.2) is 0 Å². The van der Waals surface area contributed by atoms with Gasteiger partial charge in [0.25, 0.3) is 5.69 Å². The zero-order chi connectivity index (χ0) is 12.0. The van der Waals surface area contributed by atoms with E-state index < -0.39 is 0 Å². The van der Waals surface area contributed by atoms with Crippen LogP contribution in [-0.2, 0) is 4.74 Å². The molecule has 0 saturated carbocycles. The Labute approximate surface area is 94.6 Å². The van der Waals surface area contributed by atoms with Crippen LogP contribution in [-0.4, -0.2) is 25.2 Å². The minimum absolute atomic E-state index is 0.123. The molecule has 0 aromatic heterocycles. The maximum atomic E-state index is 10.8. The lowest BCUT2D eigenvalue weighted by atomic mass is 10.1. The van der Waals surface area contributed by atoms with Crippen LogP contribution in [0.2, 0.25) is 0 Å². The largest absolute Gasteiger partial charge is 0.385 e. The van der Waals surface area contributed by atoms with E-state index in [0.29, 0.717) is 18.8 Å². The van der Waals surface area contributed by atoms with E-state index in [0.717, 1.165) is 12.0 Å². The molecule has 0 aliphatic carbocycles. The summed E-state index contributed by atoms with van der Waals surface area (Å²) in [4.78, 5) is 10.4. The third-order valence-corrected chi connectivity index (χ3v) is 2.27. The van der Waals surface area contributed by atoms with Gasteiger partial charge in [-0.1, -0.05) is 12.1 Å². The van der Waals surface area contributed by atoms with Crippen LogP contribution in [0.3, 0.4) is 0 Å². The van der Waals surface area contributed by atoms with Gasteiger partial charge < -0.3 is 10.1 Å². The number of hydrogen-bond acceptors (Lipinski definition) is 4. The van der Waals surface area contributed by atoms with Crippen molar-refractivity contribution >= 4 is 11.4 Å². The summed E-state index contributed by atoms with van der Waals surface area (Å²) in [5.74, 6) is 0. The lowest BCUT2D eigenvalue weighted by Crippen LogP contribution is -2.07. The SMILES string of the molecule is COCCCNc1c(C)cccc1[N+](=O)[O-]. The number of benzene rings is 1. The van der Waals surface area contributed by atoms with Crippen LogP contribution in [0.1, 0.15) is 12.0 Å². The maximum absolute atomic E-state index is 10.8. The van der Waals surface area contributed by atoms with Gasteiger partial charge in [-0.05, 0) is 18.9 Å². The quantitative estimate of drug-likeness (QED) is 0.457. The highest BCUT2D eigenvalue weighted by Gasteiger charge is 2.14. The second kappa shape index (κ2) is 6.07. The van der Waals surface area contributed by atoms with E-state index in [9.17, 15) is 10.1 Å². The highest BCUT2D eigenvalue weighted by atomic mass is 16.6. The van der Waals surface area contributed by atoms with Crippen LogP contribution in [0.25, 0.3) is 0 Å². The summed E-state index contributed by atoms with van der Waals surface area (Å²) in [5.41, 5.74) is 1.60. The molecule has 0 aliphatic rings. The van der Waals surface area contributed by atoms with Crippen LogP contribution in [0, 0.1) is 17.0 Å². The predicted octanol–water partition coefficient (Wildman–Crippen LogP) is 2.35. The second-order valence-electron chi connectivity index (χ2n) is 3.50. The normalized spacial score (nSPS) is 10.1. The van der Waals surface area contributed by atoms with Crippen LogP contribution in [0.5, 0.6) is 0 Å². The molecule has 88 valence electrons. The molecule has 1 N–H and O–H groups in total. The van der Waals surface area contributed by atoms with Crippen molar-refractivity contribution in [1.29, 1.82) is 0 Å². The Hall–Kier alpha value is -1.62. The molecule has 0 spiro atoms. The molecule has 0 fully saturated rings. The molecule has 1 aromatic rings. The van der Waals surface area contributed by atoms with Gasteiger partial charge in [-0.2, -0.15) is 0 Å². The first-order valence-corrected chi connectivity index (χ1v) is 5.13. The first-order chi connectivity index (χ1) is 7.66. The molecule has 0 saturated heterocycles. The lowest BCUT2D eigenvalue weighted by molar-refractivity contribution is -0.384. The number of para-hydroxylation sites is 1. The van der Waals surface area contributed by atoms with Crippen LogP contribution >= 0.6 is 0 Å². The van der Waals surface area contributed by atoms with Crippen molar-refractivity contribution in [3.63, 3.8) is 0 Å². The smallest absolute Gasteiger partial charge is 0.292 e. The molecular formula is C11H16N2O3. The van der Waals surface area contributed by atoms with Crippen molar-refractivity contribution in [2.24, 2.45) is 0 Å².